The molecule has 0 amide bonds. The average molecular weight is 321 g/mol. The molecular formula is C15H13ClN2O2S. The highest BCUT2D eigenvalue weighted by Crippen LogP contribution is 2.22. The Kier molecular flexibility index (Phi) is 4.51. The molecule has 0 heterocycles. The Morgan fingerprint density at radius 2 is 2.00 bits per heavy atom. The van der Waals surface area contributed by atoms with E-state index in [1.165, 1.54) is 18.2 Å². The number of sulfonamides is 1. The van der Waals surface area contributed by atoms with Crippen LogP contribution in [0.5, 0.6) is 0 Å². The van der Waals surface area contributed by atoms with Gasteiger partial charge in [0.2, 0.25) is 0 Å². The van der Waals surface area contributed by atoms with Crippen LogP contribution in [0.2, 0.25) is 5.02 Å². The average Bonchev–Trinajstić information content (AvgIpc) is 2.47. The predicted octanol–water partition coefficient (Wildman–Crippen LogP) is 3.57. The molecule has 0 aromatic heterocycles. The predicted molar refractivity (Wildman–Crippen MR) is 82.8 cm³/mol. The lowest BCUT2D eigenvalue weighted by Gasteiger charge is -2.09. The van der Waals surface area contributed by atoms with E-state index in [9.17, 15) is 8.42 Å². The molecule has 2 aromatic rings. The maximum Gasteiger partial charge on any atom is 0.261 e. The zero-order chi connectivity index (χ0) is 15.5. The largest absolute Gasteiger partial charge is 0.280 e. The Hall–Kier alpha value is -2.03. The van der Waals surface area contributed by atoms with E-state index in [2.05, 4.69) is 4.72 Å². The monoisotopic (exact) mass is 320 g/mol. The molecule has 2 aromatic carbocycles. The van der Waals surface area contributed by atoms with Crippen LogP contribution in [0.4, 0.5) is 5.69 Å². The number of rotatable bonds is 4. The number of aryl methyl sites for hydroxylation is 1. The first kappa shape index (κ1) is 15.4. The molecule has 0 aliphatic carbocycles. The second-order valence-electron chi connectivity index (χ2n) is 4.41. The van der Waals surface area contributed by atoms with Crippen molar-refractivity contribution < 1.29 is 8.42 Å². The second-order valence-corrected chi connectivity index (χ2v) is 6.50. The second kappa shape index (κ2) is 6.17. The maximum absolute atomic E-state index is 12.3. The highest BCUT2D eigenvalue weighted by Gasteiger charge is 2.16. The Labute approximate surface area is 129 Å². The lowest BCUT2D eigenvalue weighted by molar-refractivity contribution is 0.601. The van der Waals surface area contributed by atoms with Crippen LogP contribution in [0, 0.1) is 11.3 Å². The summed E-state index contributed by atoms with van der Waals surface area (Å²) in [5, 5.41) is 8.92. The molecule has 0 fully saturated rings. The molecule has 0 atom stereocenters. The van der Waals surface area contributed by atoms with Gasteiger partial charge < -0.3 is 0 Å². The van der Waals surface area contributed by atoms with Gasteiger partial charge in [-0.15, -0.1) is 0 Å². The highest BCUT2D eigenvalue weighted by molar-refractivity contribution is 7.92. The summed E-state index contributed by atoms with van der Waals surface area (Å²) in [5.74, 6) is 0. The lowest BCUT2D eigenvalue weighted by Crippen LogP contribution is -2.13. The Morgan fingerprint density at radius 3 is 2.62 bits per heavy atom. The van der Waals surface area contributed by atoms with Crippen molar-refractivity contribution in [2.45, 2.75) is 18.2 Å². The van der Waals surface area contributed by atoms with Gasteiger partial charge in [-0.05, 0) is 42.3 Å². The number of nitrogens with one attached hydrogen (secondary N) is 1. The van der Waals surface area contributed by atoms with Crippen LogP contribution >= 0.6 is 11.6 Å². The van der Waals surface area contributed by atoms with Crippen LogP contribution < -0.4 is 4.72 Å². The topological polar surface area (TPSA) is 70.0 Å². The van der Waals surface area contributed by atoms with E-state index in [-0.39, 0.29) is 15.5 Å². The van der Waals surface area contributed by atoms with Crippen LogP contribution in [0.1, 0.15) is 18.1 Å². The van der Waals surface area contributed by atoms with E-state index in [0.29, 0.717) is 5.69 Å². The third-order valence-corrected chi connectivity index (χ3v) is 4.65. The first-order valence-electron chi connectivity index (χ1n) is 6.27. The van der Waals surface area contributed by atoms with Crippen molar-refractivity contribution in [3.05, 3.63) is 58.6 Å². The molecule has 1 N–H and O–H groups in total. The van der Waals surface area contributed by atoms with Gasteiger partial charge in [0.1, 0.15) is 6.07 Å². The normalized spacial score (nSPS) is 10.9. The van der Waals surface area contributed by atoms with Gasteiger partial charge >= 0.3 is 0 Å². The van der Waals surface area contributed by atoms with Crippen LogP contribution in [-0.4, -0.2) is 8.42 Å². The molecular weight excluding hydrogens is 308 g/mol. The number of halogens is 1. The lowest BCUT2D eigenvalue weighted by atomic mass is 10.1. The number of hydrogen-bond acceptors (Lipinski definition) is 3. The summed E-state index contributed by atoms with van der Waals surface area (Å²) < 4.78 is 27.1. The van der Waals surface area contributed by atoms with Gasteiger partial charge in [0.15, 0.2) is 0 Å². The van der Waals surface area contributed by atoms with E-state index in [4.69, 9.17) is 16.9 Å². The maximum atomic E-state index is 12.3. The standard InChI is InChI=1S/C15H13ClN2O2S/c1-2-11-4-3-5-13(8-11)18-21(19,20)14-7-6-12(10-17)15(16)9-14/h3-9,18H,2H2,1H3. The van der Waals surface area contributed by atoms with Crippen LogP contribution in [0.15, 0.2) is 47.4 Å². The van der Waals surface area contributed by atoms with Gasteiger partial charge in [-0.25, -0.2) is 8.42 Å². The summed E-state index contributed by atoms with van der Waals surface area (Å²) in [5.41, 5.74) is 1.77. The van der Waals surface area contributed by atoms with Crippen LogP contribution in [-0.2, 0) is 16.4 Å². The molecule has 0 saturated heterocycles. The number of anilines is 1. The van der Waals surface area contributed by atoms with E-state index < -0.39 is 10.0 Å². The Morgan fingerprint density at radius 1 is 1.24 bits per heavy atom. The molecule has 108 valence electrons. The first-order valence-corrected chi connectivity index (χ1v) is 8.14. The first-order chi connectivity index (χ1) is 9.96. The van der Waals surface area contributed by atoms with Crippen molar-refractivity contribution in [1.29, 1.82) is 5.26 Å². The summed E-state index contributed by atoms with van der Waals surface area (Å²) >= 11 is 5.87. The molecule has 21 heavy (non-hydrogen) atoms. The Balaban J connectivity index is 2.34. The zero-order valence-electron chi connectivity index (χ0n) is 11.3. The highest BCUT2D eigenvalue weighted by atomic mass is 35.5. The minimum Gasteiger partial charge on any atom is -0.280 e. The quantitative estimate of drug-likeness (QED) is 0.936. The van der Waals surface area contributed by atoms with Gasteiger partial charge in [0.05, 0.1) is 15.5 Å². The van der Waals surface area contributed by atoms with E-state index >= 15 is 0 Å². The van der Waals surface area contributed by atoms with Gasteiger partial charge in [-0.3, -0.25) is 4.72 Å². The zero-order valence-corrected chi connectivity index (χ0v) is 12.9. The Bertz CT molecular complexity index is 811. The minimum atomic E-state index is -3.73. The SMILES string of the molecule is CCc1cccc(NS(=O)(=O)c2ccc(C#N)c(Cl)c2)c1. The molecule has 6 heteroatoms. The van der Waals surface area contributed by atoms with Gasteiger partial charge in [-0.2, -0.15) is 5.26 Å². The van der Waals surface area contributed by atoms with Crippen molar-refractivity contribution in [2.75, 3.05) is 4.72 Å². The number of nitriles is 1. The van der Waals surface area contributed by atoms with Gasteiger partial charge in [0, 0.05) is 5.69 Å². The van der Waals surface area contributed by atoms with E-state index in [0.717, 1.165) is 12.0 Å². The van der Waals surface area contributed by atoms with Crippen molar-refractivity contribution in [1.82, 2.24) is 0 Å². The fourth-order valence-electron chi connectivity index (χ4n) is 1.82. The molecule has 0 saturated carbocycles. The summed E-state index contributed by atoms with van der Waals surface area (Å²) in [6.45, 7) is 1.99. The number of nitrogens with zero attached hydrogens (tertiary/aromatic N) is 1. The molecule has 0 bridgehead atoms. The van der Waals surface area contributed by atoms with Gasteiger partial charge in [-0.1, -0.05) is 30.7 Å². The molecule has 0 radical (unpaired) electrons. The fourth-order valence-corrected chi connectivity index (χ4v) is 3.19. The number of benzene rings is 2. The number of hydrogen-bond donors (Lipinski definition) is 1. The molecule has 2 rings (SSSR count). The van der Waals surface area contributed by atoms with Crippen molar-refractivity contribution in [3.63, 3.8) is 0 Å². The minimum absolute atomic E-state index is 0.0217. The fraction of sp³-hybridized carbons (Fsp3) is 0.133. The summed E-state index contributed by atoms with van der Waals surface area (Å²) in [7, 11) is -3.73. The van der Waals surface area contributed by atoms with Crippen molar-refractivity contribution in [2.24, 2.45) is 0 Å². The molecule has 0 aliphatic rings. The third-order valence-electron chi connectivity index (χ3n) is 2.96. The molecule has 4 nitrogen and oxygen atoms in total. The molecule has 0 unspecified atom stereocenters. The summed E-state index contributed by atoms with van der Waals surface area (Å²) in [4.78, 5) is 0.0217. The van der Waals surface area contributed by atoms with Gasteiger partial charge in [0.25, 0.3) is 10.0 Å². The summed E-state index contributed by atoms with van der Waals surface area (Å²) in [6.07, 6.45) is 0.818. The van der Waals surface area contributed by atoms with Crippen molar-refractivity contribution in [3.8, 4) is 6.07 Å². The van der Waals surface area contributed by atoms with E-state index in [1.54, 1.807) is 18.2 Å². The third kappa shape index (κ3) is 3.54. The van der Waals surface area contributed by atoms with Crippen molar-refractivity contribution >= 4 is 27.3 Å². The smallest absolute Gasteiger partial charge is 0.261 e. The van der Waals surface area contributed by atoms with E-state index in [1.807, 2.05) is 19.1 Å². The summed E-state index contributed by atoms with van der Waals surface area (Å²) in [6, 6.07) is 13.1. The van der Waals surface area contributed by atoms with Crippen LogP contribution in [0.25, 0.3) is 0 Å². The van der Waals surface area contributed by atoms with Crippen LogP contribution in [0.3, 0.4) is 0 Å². The molecule has 0 spiro atoms. The molecule has 0 aliphatic heterocycles.